The molecule has 18 heavy (non-hydrogen) atoms. The first kappa shape index (κ1) is 12.7. The van der Waals surface area contributed by atoms with Crippen molar-refractivity contribution >= 4 is 11.6 Å². The summed E-state index contributed by atoms with van der Waals surface area (Å²) >= 11 is 0. The fourth-order valence-electron chi connectivity index (χ4n) is 2.60. The van der Waals surface area contributed by atoms with E-state index in [0.29, 0.717) is 23.7 Å². The van der Waals surface area contributed by atoms with Gasteiger partial charge < -0.3 is 16.2 Å². The van der Waals surface area contributed by atoms with Crippen LogP contribution in [0.4, 0.5) is 5.69 Å². The fourth-order valence-corrected chi connectivity index (χ4v) is 2.60. The summed E-state index contributed by atoms with van der Waals surface area (Å²) in [5, 5.41) is 12.5. The molecule has 2 unspecified atom stereocenters. The lowest BCUT2D eigenvalue weighted by atomic mass is 9.97. The number of phenolic OH excluding ortho intramolecular Hbond substituents is 1. The summed E-state index contributed by atoms with van der Waals surface area (Å²) in [6.45, 7) is 2.45. The minimum atomic E-state index is 0.0850. The standard InChI is InChI=1S/C14H20N2O2/c1-9-3-2-4-12(9)14(18)16-8-10-7-11(15)5-6-13(10)17/h5-7,9,12,17H,2-4,8,15H2,1H3,(H,16,18). The topological polar surface area (TPSA) is 75.4 Å². The Bertz CT molecular complexity index is 445. The smallest absolute Gasteiger partial charge is 0.223 e. The van der Waals surface area contributed by atoms with Gasteiger partial charge in [0.05, 0.1) is 0 Å². The van der Waals surface area contributed by atoms with Gasteiger partial charge in [-0.1, -0.05) is 13.3 Å². The van der Waals surface area contributed by atoms with E-state index in [0.717, 1.165) is 19.3 Å². The van der Waals surface area contributed by atoms with Crippen LogP contribution in [0.15, 0.2) is 18.2 Å². The number of nitrogen functional groups attached to an aromatic ring is 1. The zero-order valence-corrected chi connectivity index (χ0v) is 10.6. The van der Waals surface area contributed by atoms with E-state index < -0.39 is 0 Å². The number of rotatable bonds is 3. The normalized spacial score (nSPS) is 22.9. The van der Waals surface area contributed by atoms with Gasteiger partial charge in [0.15, 0.2) is 0 Å². The van der Waals surface area contributed by atoms with Crippen molar-refractivity contribution in [2.24, 2.45) is 11.8 Å². The lowest BCUT2D eigenvalue weighted by Crippen LogP contribution is -2.31. The van der Waals surface area contributed by atoms with Crippen molar-refractivity contribution in [3.63, 3.8) is 0 Å². The average molecular weight is 248 g/mol. The summed E-state index contributed by atoms with van der Waals surface area (Å²) in [6.07, 6.45) is 3.22. The number of aromatic hydroxyl groups is 1. The minimum Gasteiger partial charge on any atom is -0.508 e. The van der Waals surface area contributed by atoms with Gasteiger partial charge in [0.2, 0.25) is 5.91 Å². The Morgan fingerprint density at radius 1 is 1.50 bits per heavy atom. The molecule has 0 radical (unpaired) electrons. The Morgan fingerprint density at radius 2 is 2.28 bits per heavy atom. The van der Waals surface area contributed by atoms with Gasteiger partial charge in [-0.2, -0.15) is 0 Å². The second kappa shape index (κ2) is 5.29. The number of benzene rings is 1. The Morgan fingerprint density at radius 3 is 2.94 bits per heavy atom. The molecule has 4 N–H and O–H groups in total. The van der Waals surface area contributed by atoms with Crippen LogP contribution in [0.2, 0.25) is 0 Å². The van der Waals surface area contributed by atoms with Gasteiger partial charge in [0, 0.05) is 23.7 Å². The molecule has 0 aromatic heterocycles. The molecular formula is C14H20N2O2. The highest BCUT2D eigenvalue weighted by Crippen LogP contribution is 2.31. The molecule has 1 saturated carbocycles. The summed E-state index contributed by atoms with van der Waals surface area (Å²) in [7, 11) is 0. The number of hydrogen-bond donors (Lipinski definition) is 3. The van der Waals surface area contributed by atoms with Gasteiger partial charge in [-0.25, -0.2) is 0 Å². The molecule has 0 aliphatic heterocycles. The highest BCUT2D eigenvalue weighted by Gasteiger charge is 2.29. The molecule has 2 atom stereocenters. The quantitative estimate of drug-likeness (QED) is 0.566. The van der Waals surface area contributed by atoms with E-state index in [-0.39, 0.29) is 17.6 Å². The van der Waals surface area contributed by atoms with Crippen molar-refractivity contribution in [2.45, 2.75) is 32.7 Å². The number of anilines is 1. The largest absolute Gasteiger partial charge is 0.508 e. The van der Waals surface area contributed by atoms with Crippen molar-refractivity contribution in [3.8, 4) is 5.75 Å². The third-order valence-corrected chi connectivity index (χ3v) is 3.75. The van der Waals surface area contributed by atoms with Crippen LogP contribution in [0.3, 0.4) is 0 Å². The van der Waals surface area contributed by atoms with Crippen molar-refractivity contribution in [1.82, 2.24) is 5.32 Å². The van der Waals surface area contributed by atoms with E-state index in [1.165, 1.54) is 0 Å². The van der Waals surface area contributed by atoms with E-state index in [1.54, 1.807) is 18.2 Å². The first-order chi connectivity index (χ1) is 8.58. The third-order valence-electron chi connectivity index (χ3n) is 3.75. The molecule has 0 saturated heterocycles. The van der Waals surface area contributed by atoms with Gasteiger partial charge in [-0.3, -0.25) is 4.79 Å². The van der Waals surface area contributed by atoms with Crippen molar-refractivity contribution in [3.05, 3.63) is 23.8 Å². The summed E-state index contributed by atoms with van der Waals surface area (Å²) < 4.78 is 0. The van der Waals surface area contributed by atoms with Crippen molar-refractivity contribution in [2.75, 3.05) is 5.73 Å². The van der Waals surface area contributed by atoms with Gasteiger partial charge >= 0.3 is 0 Å². The molecule has 4 nitrogen and oxygen atoms in total. The molecule has 0 heterocycles. The monoisotopic (exact) mass is 248 g/mol. The van der Waals surface area contributed by atoms with Gasteiger partial charge in [0.25, 0.3) is 0 Å². The summed E-state index contributed by atoms with van der Waals surface area (Å²) in [4.78, 5) is 12.0. The molecule has 2 rings (SSSR count). The molecule has 0 bridgehead atoms. The molecule has 1 aliphatic carbocycles. The van der Waals surface area contributed by atoms with E-state index in [4.69, 9.17) is 5.73 Å². The van der Waals surface area contributed by atoms with Gasteiger partial charge in [0.1, 0.15) is 5.75 Å². The molecule has 4 heteroatoms. The van der Waals surface area contributed by atoms with Crippen LogP contribution in [0.5, 0.6) is 5.75 Å². The van der Waals surface area contributed by atoms with Crippen LogP contribution in [0.25, 0.3) is 0 Å². The number of carbonyl (C=O) groups is 1. The molecule has 1 aliphatic rings. The first-order valence-corrected chi connectivity index (χ1v) is 6.43. The Kier molecular flexibility index (Phi) is 3.75. The second-order valence-electron chi connectivity index (χ2n) is 5.12. The number of nitrogens with two attached hydrogens (primary N) is 1. The number of phenols is 1. The zero-order valence-electron chi connectivity index (χ0n) is 10.6. The van der Waals surface area contributed by atoms with Crippen molar-refractivity contribution in [1.29, 1.82) is 0 Å². The summed E-state index contributed by atoms with van der Waals surface area (Å²) in [5.41, 5.74) is 6.90. The number of amides is 1. The third kappa shape index (κ3) is 2.75. The van der Waals surface area contributed by atoms with Crippen LogP contribution in [-0.4, -0.2) is 11.0 Å². The van der Waals surface area contributed by atoms with Crippen LogP contribution < -0.4 is 11.1 Å². The second-order valence-corrected chi connectivity index (χ2v) is 5.12. The predicted octanol–water partition coefficient (Wildman–Crippen LogP) is 2.03. The van der Waals surface area contributed by atoms with Crippen molar-refractivity contribution < 1.29 is 9.90 Å². The highest BCUT2D eigenvalue weighted by molar-refractivity contribution is 5.79. The Balaban J connectivity index is 1.95. The molecule has 0 spiro atoms. The Labute approximate surface area is 107 Å². The molecule has 98 valence electrons. The first-order valence-electron chi connectivity index (χ1n) is 6.43. The minimum absolute atomic E-state index is 0.0850. The van der Waals surface area contributed by atoms with Gasteiger partial charge in [-0.15, -0.1) is 0 Å². The molecule has 1 fully saturated rings. The average Bonchev–Trinajstić information content (AvgIpc) is 2.76. The number of nitrogens with one attached hydrogen (secondary N) is 1. The summed E-state index contributed by atoms with van der Waals surface area (Å²) in [6, 6.07) is 4.88. The maximum absolute atomic E-state index is 12.0. The van der Waals surface area contributed by atoms with E-state index >= 15 is 0 Å². The number of hydrogen-bond acceptors (Lipinski definition) is 3. The lowest BCUT2D eigenvalue weighted by Gasteiger charge is -2.15. The maximum atomic E-state index is 12.0. The SMILES string of the molecule is CC1CCCC1C(=O)NCc1cc(N)ccc1O. The van der Waals surface area contributed by atoms with Crippen LogP contribution in [-0.2, 0) is 11.3 Å². The zero-order chi connectivity index (χ0) is 13.1. The molecular weight excluding hydrogens is 228 g/mol. The molecule has 1 aromatic rings. The lowest BCUT2D eigenvalue weighted by molar-refractivity contribution is -0.126. The predicted molar refractivity (Wildman–Crippen MR) is 70.9 cm³/mol. The Hall–Kier alpha value is -1.71. The van der Waals surface area contributed by atoms with Crippen LogP contribution in [0.1, 0.15) is 31.7 Å². The summed E-state index contributed by atoms with van der Waals surface area (Å²) in [5.74, 6) is 0.832. The molecule has 1 aromatic carbocycles. The highest BCUT2D eigenvalue weighted by atomic mass is 16.3. The van der Waals surface area contributed by atoms with E-state index in [2.05, 4.69) is 12.2 Å². The van der Waals surface area contributed by atoms with Crippen LogP contribution >= 0.6 is 0 Å². The fraction of sp³-hybridized carbons (Fsp3) is 0.500. The molecule has 1 amide bonds. The van der Waals surface area contributed by atoms with Gasteiger partial charge in [-0.05, 0) is 37.0 Å². The van der Waals surface area contributed by atoms with Crippen LogP contribution in [0, 0.1) is 11.8 Å². The van der Waals surface area contributed by atoms with E-state index in [1.807, 2.05) is 0 Å². The maximum Gasteiger partial charge on any atom is 0.223 e. The number of carbonyl (C=O) groups excluding carboxylic acids is 1. The van der Waals surface area contributed by atoms with E-state index in [9.17, 15) is 9.90 Å².